The summed E-state index contributed by atoms with van der Waals surface area (Å²) in [4.78, 5) is 3.85. The molecule has 1 aromatic heterocycles. The fraction of sp³-hybridized carbons (Fsp3) is 0.118. The van der Waals surface area contributed by atoms with Crippen LogP contribution in [0.1, 0.15) is 11.1 Å². The molecule has 0 atom stereocenters. The van der Waals surface area contributed by atoms with E-state index in [4.69, 9.17) is 16.2 Å². The summed E-state index contributed by atoms with van der Waals surface area (Å²) < 4.78 is 43.3. The van der Waals surface area contributed by atoms with Crippen molar-refractivity contribution in [1.82, 2.24) is 15.2 Å². The van der Waals surface area contributed by atoms with Gasteiger partial charge in [-0.15, -0.1) is 10.2 Å². The van der Waals surface area contributed by atoms with E-state index in [9.17, 15) is 13.2 Å². The van der Waals surface area contributed by atoms with E-state index in [0.717, 1.165) is 12.1 Å². The maximum Gasteiger partial charge on any atom is 0.416 e. The van der Waals surface area contributed by atoms with Crippen LogP contribution < -0.4 is 16.2 Å². The Hall–Kier alpha value is -3.36. The van der Waals surface area contributed by atoms with E-state index in [0.29, 0.717) is 22.6 Å². The number of alkyl halides is 3. The maximum absolute atomic E-state index is 12.6. The zero-order valence-electron chi connectivity index (χ0n) is 13.4. The van der Waals surface area contributed by atoms with Gasteiger partial charge in [-0.2, -0.15) is 18.2 Å². The number of hydrogen-bond acceptors (Lipinski definition) is 6. The highest BCUT2D eigenvalue weighted by molar-refractivity contribution is 5.70. The van der Waals surface area contributed by atoms with Crippen LogP contribution in [-0.4, -0.2) is 15.2 Å². The van der Waals surface area contributed by atoms with Crippen molar-refractivity contribution in [3.8, 4) is 17.0 Å². The molecule has 2 aromatic carbocycles. The number of halogens is 3. The molecule has 0 aliphatic rings. The second-order valence-electron chi connectivity index (χ2n) is 5.42. The van der Waals surface area contributed by atoms with Crippen LogP contribution in [0.2, 0.25) is 0 Å². The van der Waals surface area contributed by atoms with Crippen LogP contribution in [0, 0.1) is 0 Å². The lowest BCUT2D eigenvalue weighted by molar-refractivity contribution is -0.137. The van der Waals surface area contributed by atoms with Gasteiger partial charge in [-0.25, -0.2) is 0 Å². The van der Waals surface area contributed by atoms with Crippen LogP contribution in [0.25, 0.3) is 11.3 Å². The average molecular weight is 361 g/mol. The van der Waals surface area contributed by atoms with Crippen LogP contribution in [0.15, 0.2) is 48.5 Å². The van der Waals surface area contributed by atoms with Gasteiger partial charge in [0.15, 0.2) is 5.82 Å². The van der Waals surface area contributed by atoms with Crippen LogP contribution in [0.5, 0.6) is 5.75 Å². The van der Waals surface area contributed by atoms with E-state index in [1.54, 1.807) is 24.3 Å². The SMILES string of the molecule is Nc1nnc(-c2cccc(OCc3ccc(C(F)(F)F)cc3)c2)c(N)n1. The van der Waals surface area contributed by atoms with E-state index in [2.05, 4.69) is 15.2 Å². The molecule has 0 fully saturated rings. The molecular weight excluding hydrogens is 347 g/mol. The van der Waals surface area contributed by atoms with E-state index in [1.165, 1.54) is 12.1 Å². The number of nitrogens with two attached hydrogens (primary N) is 2. The van der Waals surface area contributed by atoms with Gasteiger partial charge in [0, 0.05) is 5.56 Å². The Bertz CT molecular complexity index is 913. The molecule has 26 heavy (non-hydrogen) atoms. The number of nitrogens with zero attached hydrogens (tertiary/aromatic N) is 3. The summed E-state index contributed by atoms with van der Waals surface area (Å²) in [6.45, 7) is 0.114. The lowest BCUT2D eigenvalue weighted by Gasteiger charge is -2.10. The monoisotopic (exact) mass is 361 g/mol. The second kappa shape index (κ2) is 6.87. The molecule has 0 amide bonds. The third-order valence-corrected chi connectivity index (χ3v) is 3.52. The van der Waals surface area contributed by atoms with Crippen LogP contribution >= 0.6 is 0 Å². The van der Waals surface area contributed by atoms with Crippen molar-refractivity contribution in [3.63, 3.8) is 0 Å². The van der Waals surface area contributed by atoms with Gasteiger partial charge in [0.25, 0.3) is 0 Å². The highest BCUT2D eigenvalue weighted by atomic mass is 19.4. The van der Waals surface area contributed by atoms with Crippen molar-refractivity contribution in [2.75, 3.05) is 11.5 Å². The molecule has 0 bridgehead atoms. The Labute approximate surface area is 146 Å². The van der Waals surface area contributed by atoms with Gasteiger partial charge in [-0.3, -0.25) is 0 Å². The molecule has 3 aromatic rings. The predicted molar refractivity (Wildman–Crippen MR) is 89.9 cm³/mol. The summed E-state index contributed by atoms with van der Waals surface area (Å²) in [7, 11) is 0. The molecule has 0 saturated heterocycles. The third kappa shape index (κ3) is 4.00. The van der Waals surface area contributed by atoms with Gasteiger partial charge in [0.05, 0.1) is 5.56 Å². The molecule has 4 N–H and O–H groups in total. The van der Waals surface area contributed by atoms with E-state index in [1.807, 2.05) is 0 Å². The number of rotatable bonds is 4. The van der Waals surface area contributed by atoms with Gasteiger partial charge < -0.3 is 16.2 Å². The number of hydrogen-bond donors (Lipinski definition) is 2. The van der Waals surface area contributed by atoms with Gasteiger partial charge in [0.2, 0.25) is 5.95 Å². The maximum atomic E-state index is 12.6. The summed E-state index contributed by atoms with van der Waals surface area (Å²) >= 11 is 0. The number of aromatic nitrogens is 3. The summed E-state index contributed by atoms with van der Waals surface area (Å²) in [5, 5.41) is 7.59. The van der Waals surface area contributed by atoms with Crippen LogP contribution in [-0.2, 0) is 12.8 Å². The number of benzene rings is 2. The summed E-state index contributed by atoms with van der Waals surface area (Å²) in [5.41, 5.74) is 12.1. The van der Waals surface area contributed by atoms with Gasteiger partial charge >= 0.3 is 6.18 Å². The molecule has 9 heteroatoms. The Balaban J connectivity index is 1.73. The van der Waals surface area contributed by atoms with E-state index < -0.39 is 11.7 Å². The largest absolute Gasteiger partial charge is 0.489 e. The summed E-state index contributed by atoms with van der Waals surface area (Å²) in [6, 6.07) is 11.7. The molecule has 0 unspecified atom stereocenters. The highest BCUT2D eigenvalue weighted by Crippen LogP contribution is 2.29. The Morgan fingerprint density at radius 1 is 0.962 bits per heavy atom. The molecule has 3 rings (SSSR count). The Morgan fingerprint density at radius 2 is 1.69 bits per heavy atom. The third-order valence-electron chi connectivity index (χ3n) is 3.52. The van der Waals surface area contributed by atoms with Crippen molar-refractivity contribution < 1.29 is 17.9 Å². The predicted octanol–water partition coefficient (Wildman–Crippen LogP) is 3.30. The number of anilines is 2. The molecule has 1 heterocycles. The van der Waals surface area contributed by atoms with Crippen molar-refractivity contribution in [1.29, 1.82) is 0 Å². The van der Waals surface area contributed by atoms with Crippen molar-refractivity contribution in [2.45, 2.75) is 12.8 Å². The van der Waals surface area contributed by atoms with Gasteiger partial charge in [-0.1, -0.05) is 24.3 Å². The minimum atomic E-state index is -4.36. The van der Waals surface area contributed by atoms with Crippen LogP contribution in [0.3, 0.4) is 0 Å². The van der Waals surface area contributed by atoms with Crippen molar-refractivity contribution in [3.05, 3.63) is 59.7 Å². The van der Waals surface area contributed by atoms with E-state index >= 15 is 0 Å². The zero-order chi connectivity index (χ0) is 18.7. The molecular formula is C17H14F3N5O. The molecule has 0 radical (unpaired) electrons. The number of ether oxygens (including phenoxy) is 1. The highest BCUT2D eigenvalue weighted by Gasteiger charge is 2.29. The molecule has 0 aliphatic carbocycles. The van der Waals surface area contributed by atoms with Gasteiger partial charge in [-0.05, 0) is 29.8 Å². The van der Waals surface area contributed by atoms with Crippen molar-refractivity contribution >= 4 is 11.8 Å². The molecule has 134 valence electrons. The zero-order valence-corrected chi connectivity index (χ0v) is 13.4. The standard InChI is InChI=1S/C17H14F3N5O/c18-17(19,20)12-6-4-10(5-7-12)9-26-13-3-1-2-11(8-13)14-15(21)23-16(22)25-24-14/h1-8H,9H2,(H4,21,22,23,25). The normalized spacial score (nSPS) is 11.3. The summed E-state index contributed by atoms with van der Waals surface area (Å²) in [6.07, 6.45) is -4.36. The lowest BCUT2D eigenvalue weighted by Crippen LogP contribution is -2.05. The fourth-order valence-electron chi connectivity index (χ4n) is 2.25. The smallest absolute Gasteiger partial charge is 0.416 e. The minimum absolute atomic E-state index is 0.0269. The minimum Gasteiger partial charge on any atom is -0.489 e. The first-order valence-corrected chi connectivity index (χ1v) is 7.48. The average Bonchev–Trinajstić information content (AvgIpc) is 2.60. The van der Waals surface area contributed by atoms with Gasteiger partial charge in [0.1, 0.15) is 18.1 Å². The molecule has 0 aliphatic heterocycles. The topological polar surface area (TPSA) is 99.9 Å². The number of nitrogen functional groups attached to an aromatic ring is 2. The Morgan fingerprint density at radius 3 is 2.35 bits per heavy atom. The lowest BCUT2D eigenvalue weighted by atomic mass is 10.1. The van der Waals surface area contributed by atoms with E-state index in [-0.39, 0.29) is 18.4 Å². The van der Waals surface area contributed by atoms with Crippen molar-refractivity contribution in [2.24, 2.45) is 0 Å². The molecule has 0 saturated carbocycles. The fourth-order valence-corrected chi connectivity index (χ4v) is 2.25. The summed E-state index contributed by atoms with van der Waals surface area (Å²) in [5.74, 6) is 0.610. The first-order valence-electron chi connectivity index (χ1n) is 7.48. The van der Waals surface area contributed by atoms with Crippen LogP contribution in [0.4, 0.5) is 24.9 Å². The second-order valence-corrected chi connectivity index (χ2v) is 5.42. The Kier molecular flexibility index (Phi) is 4.61. The quantitative estimate of drug-likeness (QED) is 0.740. The molecule has 6 nitrogen and oxygen atoms in total. The first-order chi connectivity index (χ1) is 12.3. The molecule has 0 spiro atoms. The first kappa shape index (κ1) is 17.5.